The van der Waals surface area contributed by atoms with Gasteiger partial charge in [-0.05, 0) is 18.8 Å². The van der Waals surface area contributed by atoms with Crippen molar-refractivity contribution in [2.45, 2.75) is 43.5 Å². The first kappa shape index (κ1) is 17.9. The molecular formula is C12H17F3O5S. The molecule has 0 aromatic heterocycles. The third-order valence-corrected chi connectivity index (χ3v) is 5.63. The molecule has 1 rings (SSSR count). The molecule has 1 atom stereocenters. The first-order valence-corrected chi connectivity index (χ1v) is 8.16. The van der Waals surface area contributed by atoms with Gasteiger partial charge in [-0.3, -0.25) is 9.59 Å². The van der Waals surface area contributed by atoms with Crippen LogP contribution in [0.1, 0.15) is 32.1 Å². The van der Waals surface area contributed by atoms with Crippen molar-refractivity contribution >= 4 is 21.6 Å². The summed E-state index contributed by atoms with van der Waals surface area (Å²) in [6.07, 6.45) is -5.52. The maximum atomic E-state index is 12.2. The van der Waals surface area contributed by atoms with Crippen LogP contribution in [0.5, 0.6) is 0 Å². The highest BCUT2D eigenvalue weighted by Gasteiger charge is 2.43. The largest absolute Gasteiger partial charge is 0.468 e. The highest BCUT2D eigenvalue weighted by atomic mass is 32.2. The fourth-order valence-corrected chi connectivity index (χ4v) is 4.42. The number of carbonyl (C=O) groups is 2. The van der Waals surface area contributed by atoms with Gasteiger partial charge in [0.15, 0.2) is 15.1 Å². The van der Waals surface area contributed by atoms with E-state index in [9.17, 15) is 31.2 Å². The van der Waals surface area contributed by atoms with E-state index < -0.39 is 45.3 Å². The van der Waals surface area contributed by atoms with E-state index >= 15 is 0 Å². The lowest BCUT2D eigenvalue weighted by Crippen LogP contribution is -2.41. The Hall–Kier alpha value is -1.12. The maximum Gasteiger partial charge on any atom is 0.390 e. The highest BCUT2D eigenvalue weighted by molar-refractivity contribution is 7.92. The van der Waals surface area contributed by atoms with Crippen molar-refractivity contribution in [3.05, 3.63) is 0 Å². The summed E-state index contributed by atoms with van der Waals surface area (Å²) in [7, 11) is -3.30. The lowest BCUT2D eigenvalue weighted by atomic mass is 9.86. The molecule has 0 aliphatic heterocycles. The Kier molecular flexibility index (Phi) is 5.77. The molecule has 21 heavy (non-hydrogen) atoms. The molecule has 0 saturated heterocycles. The van der Waals surface area contributed by atoms with Gasteiger partial charge in [-0.25, -0.2) is 8.42 Å². The van der Waals surface area contributed by atoms with Crippen molar-refractivity contribution in [3.8, 4) is 0 Å². The molecule has 5 nitrogen and oxygen atoms in total. The molecular weight excluding hydrogens is 313 g/mol. The summed E-state index contributed by atoms with van der Waals surface area (Å²) < 4.78 is 65.2. The molecule has 1 fully saturated rings. The van der Waals surface area contributed by atoms with Crippen LogP contribution in [0, 0.1) is 5.92 Å². The van der Waals surface area contributed by atoms with Gasteiger partial charge in [-0.15, -0.1) is 0 Å². The zero-order chi connectivity index (χ0) is 16.3. The molecule has 0 aromatic carbocycles. The van der Waals surface area contributed by atoms with Crippen LogP contribution in [-0.2, 0) is 24.2 Å². The monoisotopic (exact) mass is 330 g/mol. The molecule has 1 unspecified atom stereocenters. The molecule has 0 aromatic rings. The number of esters is 1. The van der Waals surface area contributed by atoms with Crippen LogP contribution >= 0.6 is 0 Å². The number of ether oxygens (including phenoxy) is 1. The Morgan fingerprint density at radius 2 is 1.86 bits per heavy atom. The summed E-state index contributed by atoms with van der Waals surface area (Å²) in [6, 6.07) is 0. The van der Waals surface area contributed by atoms with Gasteiger partial charge in [0.2, 0.25) is 0 Å². The molecule has 0 bridgehead atoms. The SMILES string of the molecule is COC(=O)C(C1CCC(=O)CC1)S(=O)(=O)CCC(F)(F)F. The summed E-state index contributed by atoms with van der Waals surface area (Å²) in [5.74, 6) is -2.92. The zero-order valence-electron chi connectivity index (χ0n) is 11.5. The number of ketones is 1. The van der Waals surface area contributed by atoms with Gasteiger partial charge >= 0.3 is 12.1 Å². The smallest absolute Gasteiger partial charge is 0.390 e. The Morgan fingerprint density at radius 1 is 1.33 bits per heavy atom. The van der Waals surface area contributed by atoms with E-state index in [4.69, 9.17) is 0 Å². The molecule has 0 spiro atoms. The second-order valence-corrected chi connectivity index (χ2v) is 7.29. The standard InChI is InChI=1S/C12H17F3O5S/c1-20-11(17)10(8-2-4-9(16)5-3-8)21(18,19)7-6-12(13,14)15/h8,10H,2-7H2,1H3. The van der Waals surface area contributed by atoms with Crippen molar-refractivity contribution in [2.75, 3.05) is 12.9 Å². The normalized spacial score (nSPS) is 19.3. The molecule has 0 amide bonds. The Morgan fingerprint density at radius 3 is 2.29 bits per heavy atom. The van der Waals surface area contributed by atoms with E-state index in [2.05, 4.69) is 4.74 Å². The Bertz CT molecular complexity index is 488. The van der Waals surface area contributed by atoms with Gasteiger partial charge in [-0.1, -0.05) is 0 Å². The lowest BCUT2D eigenvalue weighted by molar-refractivity contribution is -0.142. The van der Waals surface area contributed by atoms with Crippen LogP contribution in [0.25, 0.3) is 0 Å². The average molecular weight is 330 g/mol. The number of Topliss-reactive ketones (excluding diaryl/α,β-unsaturated/α-hetero) is 1. The van der Waals surface area contributed by atoms with Crippen molar-refractivity contribution in [2.24, 2.45) is 5.92 Å². The number of alkyl halides is 3. The molecule has 0 heterocycles. The number of hydrogen-bond acceptors (Lipinski definition) is 5. The number of carbonyl (C=O) groups excluding carboxylic acids is 2. The molecule has 0 radical (unpaired) electrons. The maximum absolute atomic E-state index is 12.2. The Labute approximate surface area is 120 Å². The topological polar surface area (TPSA) is 77.5 Å². The minimum Gasteiger partial charge on any atom is -0.468 e. The fourth-order valence-electron chi connectivity index (χ4n) is 2.40. The third-order valence-electron chi connectivity index (χ3n) is 3.51. The second kappa shape index (κ2) is 6.76. The van der Waals surface area contributed by atoms with Crippen LogP contribution < -0.4 is 0 Å². The molecule has 0 N–H and O–H groups in total. The summed E-state index contributed by atoms with van der Waals surface area (Å²) in [4.78, 5) is 22.9. The lowest BCUT2D eigenvalue weighted by Gasteiger charge is -2.27. The number of rotatable bonds is 5. The summed E-state index contributed by atoms with van der Waals surface area (Å²) in [5, 5.41) is -1.63. The van der Waals surface area contributed by atoms with Crippen molar-refractivity contribution < 1.29 is 35.9 Å². The zero-order valence-corrected chi connectivity index (χ0v) is 12.3. The number of methoxy groups -OCH3 is 1. The van der Waals surface area contributed by atoms with Crippen molar-refractivity contribution in [1.82, 2.24) is 0 Å². The highest BCUT2D eigenvalue weighted by Crippen LogP contribution is 2.31. The minimum absolute atomic E-state index is 0.0393. The van der Waals surface area contributed by atoms with Crippen LogP contribution in [0.4, 0.5) is 13.2 Å². The predicted molar refractivity (Wildman–Crippen MR) is 67.2 cm³/mol. The first-order valence-electron chi connectivity index (χ1n) is 6.44. The Balaban J connectivity index is 2.91. The van der Waals surface area contributed by atoms with E-state index in [1.165, 1.54) is 0 Å². The third kappa shape index (κ3) is 5.29. The van der Waals surface area contributed by atoms with Crippen LogP contribution in [-0.4, -0.2) is 44.5 Å². The predicted octanol–water partition coefficient (Wildman–Crippen LogP) is 1.65. The summed E-state index contributed by atoms with van der Waals surface area (Å²) in [5.41, 5.74) is 0. The van der Waals surface area contributed by atoms with Gasteiger partial charge in [0, 0.05) is 12.8 Å². The second-order valence-electron chi connectivity index (χ2n) is 5.05. The van der Waals surface area contributed by atoms with E-state index in [1.54, 1.807) is 0 Å². The summed E-state index contributed by atoms with van der Waals surface area (Å²) >= 11 is 0. The van der Waals surface area contributed by atoms with Gasteiger partial charge in [0.25, 0.3) is 0 Å². The first-order chi connectivity index (χ1) is 9.57. The number of halogens is 3. The fraction of sp³-hybridized carbons (Fsp3) is 0.833. The summed E-state index contributed by atoms with van der Waals surface area (Å²) in [6.45, 7) is 0. The molecule has 122 valence electrons. The molecule has 9 heteroatoms. The van der Waals surface area contributed by atoms with Gasteiger partial charge in [-0.2, -0.15) is 13.2 Å². The van der Waals surface area contributed by atoms with E-state index in [-0.39, 0.29) is 31.5 Å². The van der Waals surface area contributed by atoms with E-state index in [0.29, 0.717) is 0 Å². The molecule has 1 saturated carbocycles. The molecule has 1 aliphatic carbocycles. The van der Waals surface area contributed by atoms with Crippen molar-refractivity contribution in [3.63, 3.8) is 0 Å². The van der Waals surface area contributed by atoms with E-state index in [0.717, 1.165) is 7.11 Å². The van der Waals surface area contributed by atoms with Gasteiger partial charge in [0.05, 0.1) is 19.3 Å². The van der Waals surface area contributed by atoms with Gasteiger partial charge in [0.1, 0.15) is 5.78 Å². The van der Waals surface area contributed by atoms with Crippen LogP contribution in [0.15, 0.2) is 0 Å². The van der Waals surface area contributed by atoms with Crippen LogP contribution in [0.3, 0.4) is 0 Å². The number of hydrogen-bond donors (Lipinski definition) is 0. The average Bonchev–Trinajstić information content (AvgIpc) is 2.38. The number of sulfone groups is 1. The van der Waals surface area contributed by atoms with Crippen molar-refractivity contribution in [1.29, 1.82) is 0 Å². The minimum atomic E-state index is -4.61. The molecule has 1 aliphatic rings. The van der Waals surface area contributed by atoms with Crippen LogP contribution in [0.2, 0.25) is 0 Å². The van der Waals surface area contributed by atoms with Gasteiger partial charge < -0.3 is 4.74 Å². The quantitative estimate of drug-likeness (QED) is 0.716. The van der Waals surface area contributed by atoms with E-state index in [1.807, 2.05) is 0 Å².